The van der Waals surface area contributed by atoms with Crippen LogP contribution in [0.25, 0.3) is 0 Å². The van der Waals surface area contributed by atoms with E-state index in [0.29, 0.717) is 23.7 Å². The Kier molecular flexibility index (Phi) is 3.87. The third-order valence-corrected chi connectivity index (χ3v) is 4.94. The van der Waals surface area contributed by atoms with Crippen LogP contribution in [0.15, 0.2) is 0 Å². The summed E-state index contributed by atoms with van der Waals surface area (Å²) in [7, 11) is 0. The first-order valence-electron chi connectivity index (χ1n) is 8.14. The molecule has 4 heteroatoms. The maximum atomic E-state index is 5.79. The molecule has 0 amide bonds. The van der Waals surface area contributed by atoms with Crippen LogP contribution in [0.5, 0.6) is 0 Å². The van der Waals surface area contributed by atoms with Gasteiger partial charge in [0.05, 0.1) is 0 Å². The summed E-state index contributed by atoms with van der Waals surface area (Å²) in [4.78, 5) is 23.2. The van der Waals surface area contributed by atoms with E-state index in [0.717, 1.165) is 25.7 Å². The lowest BCUT2D eigenvalue weighted by Crippen LogP contribution is -2.55. The Morgan fingerprint density at radius 1 is 0.550 bits per heavy atom. The van der Waals surface area contributed by atoms with Gasteiger partial charge in [-0.25, -0.2) is 0 Å². The van der Waals surface area contributed by atoms with E-state index in [-0.39, 0.29) is 0 Å². The summed E-state index contributed by atoms with van der Waals surface area (Å²) < 4.78 is 0. The second-order valence-corrected chi connectivity index (χ2v) is 7.86. The monoisotopic (exact) mass is 284 g/mol. The average molecular weight is 284 g/mol. The molecule has 3 rings (SSSR count). The van der Waals surface area contributed by atoms with Crippen molar-refractivity contribution in [3.63, 3.8) is 0 Å². The van der Waals surface area contributed by atoms with E-state index in [9.17, 15) is 0 Å². The lowest BCUT2D eigenvalue weighted by atomic mass is 9.79. The van der Waals surface area contributed by atoms with Crippen LogP contribution >= 0.6 is 0 Å². The van der Waals surface area contributed by atoms with Crippen LogP contribution in [0.1, 0.15) is 66.2 Å². The first-order valence-corrected chi connectivity index (χ1v) is 8.14. The van der Waals surface area contributed by atoms with E-state index in [4.69, 9.17) is 19.6 Å². The summed E-state index contributed by atoms with van der Waals surface area (Å²) in [5.41, 5.74) is 0. The molecule has 2 aliphatic carbocycles. The highest BCUT2D eigenvalue weighted by Crippen LogP contribution is 2.48. The van der Waals surface area contributed by atoms with E-state index in [2.05, 4.69) is 27.7 Å². The minimum absolute atomic E-state index is 0.573. The van der Waals surface area contributed by atoms with Crippen LogP contribution in [0, 0.1) is 23.7 Å². The van der Waals surface area contributed by atoms with Gasteiger partial charge in [0.15, 0.2) is 0 Å². The molecule has 4 atom stereocenters. The van der Waals surface area contributed by atoms with Crippen molar-refractivity contribution in [1.82, 2.24) is 0 Å². The van der Waals surface area contributed by atoms with Gasteiger partial charge < -0.3 is 0 Å². The van der Waals surface area contributed by atoms with Crippen LogP contribution < -0.4 is 0 Å². The zero-order valence-electron chi connectivity index (χ0n) is 13.2. The normalized spacial score (nSPS) is 53.4. The van der Waals surface area contributed by atoms with Crippen molar-refractivity contribution in [2.75, 3.05) is 0 Å². The van der Waals surface area contributed by atoms with Crippen LogP contribution in [-0.4, -0.2) is 11.6 Å². The van der Waals surface area contributed by atoms with Gasteiger partial charge in [0, 0.05) is 25.7 Å². The van der Waals surface area contributed by atoms with Gasteiger partial charge >= 0.3 is 0 Å². The second kappa shape index (κ2) is 5.24. The number of rotatable bonds is 0. The molecule has 0 aromatic heterocycles. The first kappa shape index (κ1) is 14.8. The van der Waals surface area contributed by atoms with E-state index < -0.39 is 11.6 Å². The maximum Gasteiger partial charge on any atom is 0.234 e. The van der Waals surface area contributed by atoms with Crippen molar-refractivity contribution in [3.8, 4) is 0 Å². The zero-order valence-corrected chi connectivity index (χ0v) is 13.2. The minimum Gasteiger partial charge on any atom is -0.195 e. The van der Waals surface area contributed by atoms with Crippen LogP contribution in [-0.2, 0) is 19.6 Å². The fourth-order valence-corrected chi connectivity index (χ4v) is 4.60. The van der Waals surface area contributed by atoms with E-state index >= 15 is 0 Å². The SMILES string of the molecule is C[C@@H]1C[C@H](C)CC2(C1)OOC1(C[C@H](C)C[C@H](C)C1)OO2. The van der Waals surface area contributed by atoms with Crippen LogP contribution in [0.2, 0.25) is 0 Å². The van der Waals surface area contributed by atoms with Crippen molar-refractivity contribution in [3.05, 3.63) is 0 Å². The molecule has 0 aromatic carbocycles. The van der Waals surface area contributed by atoms with E-state index in [1.165, 1.54) is 12.8 Å². The van der Waals surface area contributed by atoms with Crippen molar-refractivity contribution < 1.29 is 19.6 Å². The molecular weight excluding hydrogens is 256 g/mol. The average Bonchev–Trinajstić information content (AvgIpc) is 2.31. The minimum atomic E-state index is -0.688. The Bertz CT molecular complexity index is 290. The van der Waals surface area contributed by atoms with Gasteiger partial charge in [-0.15, -0.1) is 0 Å². The Balaban J connectivity index is 1.66. The highest BCUT2D eigenvalue weighted by Gasteiger charge is 2.53. The molecule has 2 spiro atoms. The molecule has 20 heavy (non-hydrogen) atoms. The number of hydrogen-bond acceptors (Lipinski definition) is 4. The molecule has 3 fully saturated rings. The van der Waals surface area contributed by atoms with Crippen molar-refractivity contribution in [2.24, 2.45) is 23.7 Å². The summed E-state index contributed by atoms with van der Waals surface area (Å²) in [6, 6.07) is 0. The summed E-state index contributed by atoms with van der Waals surface area (Å²) in [6.45, 7) is 8.94. The molecular formula is C16H28O4. The summed E-state index contributed by atoms with van der Waals surface area (Å²) in [5, 5.41) is 0. The first-order chi connectivity index (χ1) is 9.40. The molecule has 2 saturated carbocycles. The summed E-state index contributed by atoms with van der Waals surface area (Å²) in [5.74, 6) is 0.917. The molecule has 1 heterocycles. The number of hydrogen-bond donors (Lipinski definition) is 0. The lowest BCUT2D eigenvalue weighted by Gasteiger charge is -2.49. The molecule has 1 aliphatic heterocycles. The quantitative estimate of drug-likeness (QED) is 0.625. The molecule has 3 aliphatic rings. The fraction of sp³-hybridized carbons (Fsp3) is 1.00. The van der Waals surface area contributed by atoms with Crippen LogP contribution in [0.3, 0.4) is 0 Å². The van der Waals surface area contributed by atoms with Gasteiger partial charge in [-0.2, -0.15) is 19.6 Å². The van der Waals surface area contributed by atoms with Crippen molar-refractivity contribution in [1.29, 1.82) is 0 Å². The largest absolute Gasteiger partial charge is 0.234 e. The predicted molar refractivity (Wildman–Crippen MR) is 74.2 cm³/mol. The third kappa shape index (κ3) is 2.89. The Hall–Kier alpha value is -0.160. The molecule has 116 valence electrons. The zero-order chi connectivity index (χ0) is 14.4. The van der Waals surface area contributed by atoms with E-state index in [1.54, 1.807) is 0 Å². The predicted octanol–water partition coefficient (Wildman–Crippen LogP) is 4.20. The molecule has 0 radical (unpaired) electrons. The smallest absolute Gasteiger partial charge is 0.195 e. The van der Waals surface area contributed by atoms with Crippen molar-refractivity contribution in [2.45, 2.75) is 77.8 Å². The molecule has 0 N–H and O–H groups in total. The topological polar surface area (TPSA) is 36.9 Å². The molecule has 0 unspecified atom stereocenters. The lowest BCUT2D eigenvalue weighted by molar-refractivity contribution is -0.666. The highest BCUT2D eigenvalue weighted by molar-refractivity contribution is 4.85. The third-order valence-electron chi connectivity index (χ3n) is 4.94. The van der Waals surface area contributed by atoms with Gasteiger partial charge in [0.1, 0.15) is 0 Å². The maximum absolute atomic E-state index is 5.79. The summed E-state index contributed by atoms with van der Waals surface area (Å²) in [6.07, 6.45) is 5.81. The molecule has 0 aromatic rings. The van der Waals surface area contributed by atoms with E-state index in [1.807, 2.05) is 0 Å². The summed E-state index contributed by atoms with van der Waals surface area (Å²) >= 11 is 0. The standard InChI is InChI=1S/C16H28O4/c1-11-5-12(2)8-15(7-11)17-19-16(20-18-15)9-13(3)6-14(4)10-16/h11-14H,5-10H2,1-4H3/t11-,12+,13-,14+,15?,16?. The Morgan fingerprint density at radius 2 is 0.800 bits per heavy atom. The van der Waals surface area contributed by atoms with Crippen molar-refractivity contribution >= 4 is 0 Å². The van der Waals surface area contributed by atoms with Gasteiger partial charge in [-0.3, -0.25) is 0 Å². The molecule has 0 bridgehead atoms. The van der Waals surface area contributed by atoms with Gasteiger partial charge in [-0.05, 0) is 36.5 Å². The Labute approximate surface area is 122 Å². The van der Waals surface area contributed by atoms with Gasteiger partial charge in [-0.1, -0.05) is 27.7 Å². The van der Waals surface area contributed by atoms with Crippen LogP contribution in [0.4, 0.5) is 0 Å². The Morgan fingerprint density at radius 3 is 1.05 bits per heavy atom. The molecule has 1 saturated heterocycles. The van der Waals surface area contributed by atoms with Gasteiger partial charge in [0.2, 0.25) is 11.6 Å². The van der Waals surface area contributed by atoms with Gasteiger partial charge in [0.25, 0.3) is 0 Å². The highest BCUT2D eigenvalue weighted by atomic mass is 17.4. The fourth-order valence-electron chi connectivity index (χ4n) is 4.60. The molecule has 4 nitrogen and oxygen atoms in total. The second-order valence-electron chi connectivity index (χ2n) is 7.86.